The molecule has 0 aliphatic heterocycles. The second-order valence-corrected chi connectivity index (χ2v) is 4.01. The van der Waals surface area contributed by atoms with Gasteiger partial charge in [-0.25, -0.2) is 4.98 Å². The van der Waals surface area contributed by atoms with Gasteiger partial charge in [-0.1, -0.05) is 41.9 Å². The fourth-order valence-corrected chi connectivity index (χ4v) is 1.60. The number of carbonyl (C=O) groups is 1. The molecule has 17 heavy (non-hydrogen) atoms. The topological polar surface area (TPSA) is 42.0 Å². The summed E-state index contributed by atoms with van der Waals surface area (Å²) < 4.78 is 0. The fraction of sp³-hybridized carbons (Fsp3) is 0.0769. The number of anilines is 1. The van der Waals surface area contributed by atoms with Crippen LogP contribution < -0.4 is 5.32 Å². The van der Waals surface area contributed by atoms with Crippen LogP contribution in [0.5, 0.6) is 0 Å². The third-order valence-electron chi connectivity index (χ3n) is 2.20. The van der Waals surface area contributed by atoms with Gasteiger partial charge in [0.25, 0.3) is 0 Å². The monoisotopic (exact) mass is 246 g/mol. The van der Waals surface area contributed by atoms with Gasteiger partial charge in [0.15, 0.2) is 0 Å². The van der Waals surface area contributed by atoms with Crippen molar-refractivity contribution >= 4 is 23.3 Å². The first-order valence-corrected chi connectivity index (χ1v) is 5.57. The summed E-state index contributed by atoms with van der Waals surface area (Å²) in [5.41, 5.74) is 0.965. The molecule has 0 saturated carbocycles. The van der Waals surface area contributed by atoms with E-state index in [4.69, 9.17) is 11.6 Å². The van der Waals surface area contributed by atoms with Crippen LogP contribution in [0, 0.1) is 0 Å². The molecular weight excluding hydrogens is 236 g/mol. The molecule has 1 N–H and O–H groups in total. The minimum absolute atomic E-state index is 0.106. The summed E-state index contributed by atoms with van der Waals surface area (Å²) in [6.45, 7) is 0. The standard InChI is InChI=1S/C13H11ClN2O/c14-11-6-7-15-12(9-11)16-13(17)8-10-4-2-1-3-5-10/h1-7,9H,8H2,(H,15,16,17). The van der Waals surface area contributed by atoms with Crippen molar-refractivity contribution in [2.75, 3.05) is 5.32 Å². The molecular formula is C13H11ClN2O. The number of carbonyl (C=O) groups excluding carboxylic acids is 1. The molecule has 4 heteroatoms. The Bertz CT molecular complexity index is 514. The Morgan fingerprint density at radius 1 is 1.24 bits per heavy atom. The van der Waals surface area contributed by atoms with Crippen LogP contribution in [0.15, 0.2) is 48.7 Å². The lowest BCUT2D eigenvalue weighted by molar-refractivity contribution is -0.115. The average molecular weight is 247 g/mol. The van der Waals surface area contributed by atoms with Crippen molar-refractivity contribution in [3.63, 3.8) is 0 Å². The Balaban J connectivity index is 1.98. The van der Waals surface area contributed by atoms with Crippen molar-refractivity contribution in [3.8, 4) is 0 Å². The number of nitrogens with one attached hydrogen (secondary N) is 1. The second kappa shape index (κ2) is 5.46. The van der Waals surface area contributed by atoms with Crippen LogP contribution in [0.2, 0.25) is 5.02 Å². The zero-order chi connectivity index (χ0) is 12.1. The van der Waals surface area contributed by atoms with Crippen LogP contribution in [0.25, 0.3) is 0 Å². The van der Waals surface area contributed by atoms with Gasteiger partial charge in [-0.3, -0.25) is 4.79 Å². The van der Waals surface area contributed by atoms with Crippen molar-refractivity contribution in [3.05, 3.63) is 59.2 Å². The van der Waals surface area contributed by atoms with E-state index in [0.717, 1.165) is 5.56 Å². The van der Waals surface area contributed by atoms with Gasteiger partial charge < -0.3 is 5.32 Å². The van der Waals surface area contributed by atoms with Crippen molar-refractivity contribution in [2.24, 2.45) is 0 Å². The lowest BCUT2D eigenvalue weighted by Gasteiger charge is -2.04. The van der Waals surface area contributed by atoms with E-state index < -0.39 is 0 Å². The summed E-state index contributed by atoms with van der Waals surface area (Å²) in [6.07, 6.45) is 1.88. The van der Waals surface area contributed by atoms with Crippen LogP contribution in [0.4, 0.5) is 5.82 Å². The quantitative estimate of drug-likeness (QED) is 0.905. The molecule has 1 aromatic heterocycles. The van der Waals surface area contributed by atoms with Gasteiger partial charge in [0.2, 0.25) is 5.91 Å². The van der Waals surface area contributed by atoms with Crippen LogP contribution in [-0.2, 0) is 11.2 Å². The molecule has 86 valence electrons. The number of hydrogen-bond acceptors (Lipinski definition) is 2. The molecule has 0 spiro atoms. The minimum Gasteiger partial charge on any atom is -0.310 e. The maximum atomic E-state index is 11.7. The minimum atomic E-state index is -0.106. The van der Waals surface area contributed by atoms with Crippen LogP contribution in [-0.4, -0.2) is 10.9 Å². The van der Waals surface area contributed by atoms with E-state index in [0.29, 0.717) is 17.3 Å². The summed E-state index contributed by atoms with van der Waals surface area (Å²) in [5.74, 6) is 0.365. The van der Waals surface area contributed by atoms with E-state index in [1.807, 2.05) is 30.3 Å². The molecule has 0 bridgehead atoms. The number of hydrogen-bond donors (Lipinski definition) is 1. The molecule has 1 aromatic carbocycles. The smallest absolute Gasteiger partial charge is 0.229 e. The molecule has 0 aliphatic rings. The van der Waals surface area contributed by atoms with Crippen LogP contribution in [0.3, 0.4) is 0 Å². The van der Waals surface area contributed by atoms with Gasteiger partial charge in [0.1, 0.15) is 5.82 Å². The van der Waals surface area contributed by atoms with Crippen molar-refractivity contribution in [2.45, 2.75) is 6.42 Å². The summed E-state index contributed by atoms with van der Waals surface area (Å²) in [5, 5.41) is 3.25. The van der Waals surface area contributed by atoms with E-state index >= 15 is 0 Å². The van der Waals surface area contributed by atoms with E-state index in [1.165, 1.54) is 0 Å². The highest BCUT2D eigenvalue weighted by Gasteiger charge is 2.04. The zero-order valence-electron chi connectivity index (χ0n) is 9.06. The predicted molar refractivity (Wildman–Crippen MR) is 68.0 cm³/mol. The normalized spacial score (nSPS) is 9.94. The lowest BCUT2D eigenvalue weighted by atomic mass is 10.1. The SMILES string of the molecule is O=C(Cc1ccccc1)Nc1cc(Cl)ccn1. The fourth-order valence-electron chi connectivity index (χ4n) is 1.44. The summed E-state index contributed by atoms with van der Waals surface area (Å²) >= 11 is 5.80. The molecule has 0 unspecified atom stereocenters. The van der Waals surface area contributed by atoms with Gasteiger partial charge in [-0.05, 0) is 17.7 Å². The highest BCUT2D eigenvalue weighted by Crippen LogP contribution is 2.12. The third kappa shape index (κ3) is 3.57. The van der Waals surface area contributed by atoms with E-state index in [1.54, 1.807) is 18.3 Å². The van der Waals surface area contributed by atoms with Crippen molar-refractivity contribution in [1.29, 1.82) is 0 Å². The van der Waals surface area contributed by atoms with Crippen molar-refractivity contribution in [1.82, 2.24) is 4.98 Å². The van der Waals surface area contributed by atoms with Gasteiger partial charge in [-0.2, -0.15) is 0 Å². The summed E-state index contributed by atoms with van der Waals surface area (Å²) in [4.78, 5) is 15.7. The number of nitrogens with zero attached hydrogens (tertiary/aromatic N) is 1. The number of halogens is 1. The third-order valence-corrected chi connectivity index (χ3v) is 2.43. The highest BCUT2D eigenvalue weighted by molar-refractivity contribution is 6.30. The molecule has 2 aromatic rings. The molecule has 3 nitrogen and oxygen atoms in total. The highest BCUT2D eigenvalue weighted by atomic mass is 35.5. The second-order valence-electron chi connectivity index (χ2n) is 3.57. The molecule has 0 aliphatic carbocycles. The number of benzene rings is 1. The lowest BCUT2D eigenvalue weighted by Crippen LogP contribution is -2.15. The zero-order valence-corrected chi connectivity index (χ0v) is 9.82. The first-order chi connectivity index (χ1) is 8.24. The van der Waals surface area contributed by atoms with Gasteiger partial charge >= 0.3 is 0 Å². The Morgan fingerprint density at radius 3 is 2.71 bits per heavy atom. The molecule has 2 rings (SSSR count). The van der Waals surface area contributed by atoms with Gasteiger partial charge in [0.05, 0.1) is 6.42 Å². The molecule has 0 atom stereocenters. The molecule has 1 amide bonds. The average Bonchev–Trinajstić information content (AvgIpc) is 2.30. The number of rotatable bonds is 3. The van der Waals surface area contributed by atoms with E-state index in [-0.39, 0.29) is 5.91 Å². The van der Waals surface area contributed by atoms with Gasteiger partial charge in [0, 0.05) is 11.2 Å². The van der Waals surface area contributed by atoms with Gasteiger partial charge in [-0.15, -0.1) is 0 Å². The molecule has 0 saturated heterocycles. The molecule has 1 heterocycles. The molecule has 0 radical (unpaired) electrons. The number of pyridine rings is 1. The Labute approximate surface area is 104 Å². The predicted octanol–water partition coefficient (Wildman–Crippen LogP) is 2.92. The summed E-state index contributed by atoms with van der Waals surface area (Å²) in [6, 6.07) is 12.8. The number of aromatic nitrogens is 1. The van der Waals surface area contributed by atoms with Crippen molar-refractivity contribution < 1.29 is 4.79 Å². The Hall–Kier alpha value is -1.87. The Kier molecular flexibility index (Phi) is 3.73. The first kappa shape index (κ1) is 11.6. The summed E-state index contributed by atoms with van der Waals surface area (Å²) in [7, 11) is 0. The largest absolute Gasteiger partial charge is 0.310 e. The van der Waals surface area contributed by atoms with E-state index in [9.17, 15) is 4.79 Å². The molecule has 0 fully saturated rings. The first-order valence-electron chi connectivity index (χ1n) is 5.19. The van der Waals surface area contributed by atoms with Crippen LogP contribution >= 0.6 is 11.6 Å². The van der Waals surface area contributed by atoms with Crippen LogP contribution in [0.1, 0.15) is 5.56 Å². The maximum Gasteiger partial charge on any atom is 0.229 e. The van der Waals surface area contributed by atoms with E-state index in [2.05, 4.69) is 10.3 Å². The Morgan fingerprint density at radius 2 is 2.00 bits per heavy atom. The maximum absolute atomic E-state index is 11.7. The number of amides is 1.